The Balaban J connectivity index is 2.29. The van der Waals surface area contributed by atoms with Crippen LogP contribution in [0.5, 0.6) is 5.75 Å². The first kappa shape index (κ1) is 29.9. The molecule has 0 unspecified atom stereocenters. The molecular weight excluding hydrogens is 516 g/mol. The van der Waals surface area contributed by atoms with E-state index in [9.17, 15) is 14.4 Å². The summed E-state index contributed by atoms with van der Waals surface area (Å²) < 4.78 is 5.72. The van der Waals surface area contributed by atoms with Gasteiger partial charge in [0, 0.05) is 31.1 Å². The number of hydroxylamine groups is 2. The molecule has 2 aliphatic rings. The molecule has 0 saturated carbocycles. The van der Waals surface area contributed by atoms with E-state index in [-0.39, 0.29) is 12.0 Å². The number of amides is 1. The van der Waals surface area contributed by atoms with E-state index >= 15 is 0 Å². The third-order valence-corrected chi connectivity index (χ3v) is 6.50. The minimum atomic E-state index is -0.646. The van der Waals surface area contributed by atoms with Gasteiger partial charge < -0.3 is 14.8 Å². The number of hydrogen-bond donors (Lipinski definition) is 1. The van der Waals surface area contributed by atoms with Crippen LogP contribution in [0.25, 0.3) is 5.57 Å². The minimum absolute atomic E-state index is 0.0764. The predicted molar refractivity (Wildman–Crippen MR) is 156 cm³/mol. The Morgan fingerprint density at radius 3 is 2.67 bits per heavy atom. The van der Waals surface area contributed by atoms with Gasteiger partial charge in [-0.05, 0) is 74.1 Å². The summed E-state index contributed by atoms with van der Waals surface area (Å²) in [4.78, 5) is 42.9. The lowest BCUT2D eigenvalue weighted by atomic mass is 9.84. The van der Waals surface area contributed by atoms with Gasteiger partial charge in [0.25, 0.3) is 5.91 Å². The van der Waals surface area contributed by atoms with E-state index in [2.05, 4.69) is 18.5 Å². The molecule has 0 saturated heterocycles. The van der Waals surface area contributed by atoms with Crippen LogP contribution >= 0.6 is 11.6 Å². The van der Waals surface area contributed by atoms with Gasteiger partial charge in [-0.3, -0.25) is 14.4 Å². The molecule has 39 heavy (non-hydrogen) atoms. The lowest BCUT2D eigenvalue weighted by Gasteiger charge is -2.29. The fraction of sp³-hybridized carbons (Fsp3) is 0.323. The number of benzene rings is 1. The molecule has 7 nitrogen and oxygen atoms in total. The van der Waals surface area contributed by atoms with E-state index in [1.54, 1.807) is 30.4 Å². The van der Waals surface area contributed by atoms with Crippen molar-refractivity contribution in [1.29, 1.82) is 0 Å². The molecule has 0 aromatic heterocycles. The second-order valence-electron chi connectivity index (χ2n) is 10.1. The van der Waals surface area contributed by atoms with Crippen molar-refractivity contribution in [3.05, 3.63) is 88.0 Å². The summed E-state index contributed by atoms with van der Waals surface area (Å²) in [6.45, 7) is 14.9. The van der Waals surface area contributed by atoms with Crippen LogP contribution in [0, 0.1) is 0 Å². The van der Waals surface area contributed by atoms with E-state index in [0.29, 0.717) is 70.3 Å². The summed E-state index contributed by atoms with van der Waals surface area (Å²) in [5.74, 6) is 0.161. The first-order valence-corrected chi connectivity index (χ1v) is 13.1. The highest BCUT2D eigenvalue weighted by Gasteiger charge is 2.29. The first-order chi connectivity index (χ1) is 18.5. The second kappa shape index (κ2) is 12.9. The van der Waals surface area contributed by atoms with Gasteiger partial charge in [-0.2, -0.15) is 0 Å². The predicted octanol–water partition coefficient (Wildman–Crippen LogP) is 6.19. The summed E-state index contributed by atoms with van der Waals surface area (Å²) in [6.07, 6.45) is 9.69. The largest absolute Gasteiger partial charge is 0.490 e. The number of carbonyl (C=O) groups is 3. The van der Waals surface area contributed by atoms with Crippen molar-refractivity contribution in [2.45, 2.75) is 45.6 Å². The fourth-order valence-corrected chi connectivity index (χ4v) is 4.81. The van der Waals surface area contributed by atoms with Gasteiger partial charge >= 0.3 is 0 Å². The maximum absolute atomic E-state index is 14.0. The van der Waals surface area contributed by atoms with Crippen molar-refractivity contribution in [3.8, 4) is 5.75 Å². The van der Waals surface area contributed by atoms with Gasteiger partial charge in [0.1, 0.15) is 24.9 Å². The van der Waals surface area contributed by atoms with Crippen LogP contribution in [-0.2, 0) is 19.2 Å². The Morgan fingerprint density at radius 2 is 2.03 bits per heavy atom. The molecule has 0 atom stereocenters. The average Bonchev–Trinajstić information content (AvgIpc) is 2.92. The smallest absolute Gasteiger partial charge is 0.278 e. The van der Waals surface area contributed by atoms with Crippen molar-refractivity contribution >= 4 is 41.3 Å². The number of halogens is 1. The zero-order chi connectivity index (χ0) is 28.7. The molecule has 1 aliphatic carbocycles. The zero-order valence-electron chi connectivity index (χ0n) is 22.9. The Bertz CT molecular complexity index is 1310. The number of nitrogens with zero attached hydrogens (tertiary/aromatic N) is 1. The number of nitrogens with one attached hydrogen (secondary N) is 1. The van der Waals surface area contributed by atoms with Gasteiger partial charge in [-0.1, -0.05) is 43.0 Å². The number of aldehydes is 2. The number of fused-ring (bicyclic) bond motifs is 1. The van der Waals surface area contributed by atoms with Gasteiger partial charge in [0.2, 0.25) is 0 Å². The SMILES string of the molecule is C=CC(/C(=C/CC=O)c1ccc2c(c1Cl)NCCO2)=C(\C(=C)C1=CC(C=O)=CCC1)C(=O)N(C)OC(C)(C)C. The van der Waals surface area contributed by atoms with Crippen LogP contribution < -0.4 is 10.1 Å². The van der Waals surface area contributed by atoms with E-state index in [1.165, 1.54) is 12.1 Å². The fourth-order valence-electron chi connectivity index (χ4n) is 4.49. The number of carbonyl (C=O) groups excluding carboxylic acids is 3. The zero-order valence-corrected chi connectivity index (χ0v) is 23.7. The number of allylic oxidation sites excluding steroid dienone is 8. The maximum Gasteiger partial charge on any atom is 0.278 e. The second-order valence-corrected chi connectivity index (χ2v) is 10.5. The van der Waals surface area contributed by atoms with E-state index < -0.39 is 11.5 Å². The molecule has 0 bridgehead atoms. The molecule has 0 fully saturated rings. The summed E-state index contributed by atoms with van der Waals surface area (Å²) in [5.41, 5.74) is 3.46. The summed E-state index contributed by atoms with van der Waals surface area (Å²) in [5, 5.41) is 4.83. The molecule has 1 heterocycles. The van der Waals surface area contributed by atoms with Crippen LogP contribution in [0.1, 0.15) is 45.6 Å². The molecule has 1 aromatic rings. The van der Waals surface area contributed by atoms with Crippen molar-refractivity contribution in [2.75, 3.05) is 25.5 Å². The lowest BCUT2D eigenvalue weighted by molar-refractivity contribution is -0.213. The molecule has 1 aromatic carbocycles. The van der Waals surface area contributed by atoms with Crippen molar-refractivity contribution in [2.24, 2.45) is 0 Å². The standard InChI is InChI=1S/C31H35ClN2O5/c1-7-23(24(12-9-16-35)25-13-14-26-29(28(25)32)33-15-17-38-26)27(30(37)34(6)39-31(3,4)5)20(2)22-11-8-10-21(18-22)19-36/h7,10,12-14,16,18-19,33H,1-2,8-9,11,15,17H2,3-6H3/b24-12-,27-23-. The minimum Gasteiger partial charge on any atom is -0.490 e. The van der Waals surface area contributed by atoms with Crippen LogP contribution in [0.4, 0.5) is 5.69 Å². The summed E-state index contributed by atoms with van der Waals surface area (Å²) >= 11 is 6.87. The molecular formula is C31H35ClN2O5. The number of likely N-dealkylation sites (N-methyl/N-ethyl adjacent to an activating group) is 1. The Kier molecular flexibility index (Phi) is 9.89. The Morgan fingerprint density at radius 1 is 1.28 bits per heavy atom. The third-order valence-electron chi connectivity index (χ3n) is 6.11. The molecule has 3 rings (SSSR count). The molecule has 1 N–H and O–H groups in total. The molecule has 0 radical (unpaired) electrons. The molecule has 0 spiro atoms. The Labute approximate surface area is 235 Å². The molecule has 206 valence electrons. The number of hydrogen-bond acceptors (Lipinski definition) is 6. The highest BCUT2D eigenvalue weighted by molar-refractivity contribution is 6.35. The monoisotopic (exact) mass is 550 g/mol. The normalized spacial score (nSPS) is 15.9. The van der Waals surface area contributed by atoms with E-state index in [0.717, 1.165) is 18.1 Å². The van der Waals surface area contributed by atoms with Crippen LogP contribution in [0.2, 0.25) is 5.02 Å². The summed E-state index contributed by atoms with van der Waals surface area (Å²) in [6, 6.07) is 3.59. The van der Waals surface area contributed by atoms with Crippen molar-refractivity contribution in [3.63, 3.8) is 0 Å². The quantitative estimate of drug-likeness (QED) is 0.162. The first-order valence-electron chi connectivity index (χ1n) is 12.8. The van der Waals surface area contributed by atoms with E-state index in [4.69, 9.17) is 21.2 Å². The average molecular weight is 551 g/mol. The maximum atomic E-state index is 14.0. The Hall–Kier alpha value is -3.68. The van der Waals surface area contributed by atoms with Crippen molar-refractivity contribution in [1.82, 2.24) is 5.06 Å². The van der Waals surface area contributed by atoms with Crippen molar-refractivity contribution < 1.29 is 24.0 Å². The highest BCUT2D eigenvalue weighted by Crippen LogP contribution is 2.43. The number of anilines is 1. The van der Waals surface area contributed by atoms with E-state index in [1.807, 2.05) is 26.8 Å². The number of ether oxygens (including phenoxy) is 1. The number of rotatable bonds is 10. The van der Waals surface area contributed by atoms with Crippen LogP contribution in [0.15, 0.2) is 77.5 Å². The van der Waals surface area contributed by atoms with Gasteiger partial charge in [0.05, 0.1) is 21.9 Å². The van der Waals surface area contributed by atoms with Crippen LogP contribution in [0.3, 0.4) is 0 Å². The van der Waals surface area contributed by atoms with Crippen LogP contribution in [-0.4, -0.2) is 49.3 Å². The van der Waals surface area contributed by atoms with Gasteiger partial charge in [0.15, 0.2) is 0 Å². The highest BCUT2D eigenvalue weighted by atomic mass is 35.5. The summed E-state index contributed by atoms with van der Waals surface area (Å²) in [7, 11) is 1.54. The molecule has 8 heteroatoms. The topological polar surface area (TPSA) is 84.9 Å². The van der Waals surface area contributed by atoms with Gasteiger partial charge in [-0.25, -0.2) is 5.06 Å². The lowest BCUT2D eigenvalue weighted by Crippen LogP contribution is -2.37. The molecule has 1 amide bonds. The molecule has 1 aliphatic heterocycles. The van der Waals surface area contributed by atoms with Gasteiger partial charge in [-0.15, -0.1) is 0 Å². The third kappa shape index (κ3) is 7.05.